The van der Waals surface area contributed by atoms with Crippen LogP contribution in [0.25, 0.3) is 10.9 Å². The molecule has 0 aliphatic heterocycles. The SMILES string of the molecule is Cc1cc(SCC(=O)OCc2ccc(C(C)(C)C)cc2)nc2ccccc12. The molecule has 0 bridgehead atoms. The lowest BCUT2D eigenvalue weighted by Crippen LogP contribution is -2.11. The van der Waals surface area contributed by atoms with Gasteiger partial charge in [-0.15, -0.1) is 0 Å². The lowest BCUT2D eigenvalue weighted by Gasteiger charge is -2.19. The van der Waals surface area contributed by atoms with Gasteiger partial charge in [-0.25, -0.2) is 4.98 Å². The minimum absolute atomic E-state index is 0.122. The van der Waals surface area contributed by atoms with E-state index >= 15 is 0 Å². The first kappa shape index (κ1) is 19.4. The molecule has 0 saturated carbocycles. The third-order valence-electron chi connectivity index (χ3n) is 4.46. The molecule has 1 heterocycles. The molecule has 0 N–H and O–H groups in total. The number of esters is 1. The van der Waals surface area contributed by atoms with Crippen LogP contribution >= 0.6 is 11.8 Å². The summed E-state index contributed by atoms with van der Waals surface area (Å²) in [5.41, 5.74) is 4.51. The van der Waals surface area contributed by atoms with Crippen molar-refractivity contribution in [1.82, 2.24) is 4.98 Å². The Morgan fingerprint density at radius 3 is 2.48 bits per heavy atom. The fourth-order valence-electron chi connectivity index (χ4n) is 2.83. The van der Waals surface area contributed by atoms with Crippen LogP contribution in [0.2, 0.25) is 0 Å². The molecule has 2 aromatic carbocycles. The number of aromatic nitrogens is 1. The lowest BCUT2D eigenvalue weighted by molar-refractivity contribution is -0.141. The van der Waals surface area contributed by atoms with E-state index in [1.54, 1.807) is 0 Å². The summed E-state index contributed by atoms with van der Waals surface area (Å²) in [4.78, 5) is 16.7. The van der Waals surface area contributed by atoms with Crippen molar-refractivity contribution in [3.63, 3.8) is 0 Å². The molecule has 0 saturated heterocycles. The number of hydrogen-bond acceptors (Lipinski definition) is 4. The Balaban J connectivity index is 1.54. The standard InChI is InChI=1S/C23H25NO2S/c1-16-13-21(24-20-8-6-5-7-19(16)20)27-15-22(25)26-14-17-9-11-18(12-10-17)23(2,3)4/h5-13H,14-15H2,1-4H3. The van der Waals surface area contributed by atoms with Crippen LogP contribution in [0.3, 0.4) is 0 Å². The maximum absolute atomic E-state index is 12.1. The normalized spacial score (nSPS) is 11.6. The Morgan fingerprint density at radius 1 is 1.07 bits per heavy atom. The lowest BCUT2D eigenvalue weighted by atomic mass is 9.87. The number of aryl methyl sites for hydroxylation is 1. The zero-order valence-corrected chi connectivity index (χ0v) is 17.1. The van der Waals surface area contributed by atoms with Crippen LogP contribution in [0.5, 0.6) is 0 Å². The summed E-state index contributed by atoms with van der Waals surface area (Å²) in [6, 6.07) is 18.3. The predicted octanol–water partition coefficient (Wildman–Crippen LogP) is 5.68. The van der Waals surface area contributed by atoms with Gasteiger partial charge in [0.2, 0.25) is 0 Å². The van der Waals surface area contributed by atoms with E-state index in [0.29, 0.717) is 6.61 Å². The molecule has 0 aliphatic carbocycles. The summed E-state index contributed by atoms with van der Waals surface area (Å²) in [5, 5.41) is 1.99. The molecule has 0 unspecified atom stereocenters. The van der Waals surface area contributed by atoms with Gasteiger partial charge in [-0.05, 0) is 41.2 Å². The summed E-state index contributed by atoms with van der Waals surface area (Å²) >= 11 is 1.41. The molecule has 27 heavy (non-hydrogen) atoms. The smallest absolute Gasteiger partial charge is 0.316 e. The van der Waals surface area contributed by atoms with Gasteiger partial charge in [0.15, 0.2) is 0 Å². The Bertz CT molecular complexity index is 943. The van der Waals surface area contributed by atoms with E-state index in [1.165, 1.54) is 17.3 Å². The number of nitrogens with zero attached hydrogens (tertiary/aromatic N) is 1. The number of para-hydroxylation sites is 1. The highest BCUT2D eigenvalue weighted by atomic mass is 32.2. The molecule has 0 spiro atoms. The fraction of sp³-hybridized carbons (Fsp3) is 0.304. The monoisotopic (exact) mass is 379 g/mol. The minimum atomic E-state index is -0.229. The highest BCUT2D eigenvalue weighted by Gasteiger charge is 2.13. The average molecular weight is 380 g/mol. The maximum Gasteiger partial charge on any atom is 0.316 e. The highest BCUT2D eigenvalue weighted by molar-refractivity contribution is 7.99. The van der Waals surface area contributed by atoms with Crippen molar-refractivity contribution in [3.05, 3.63) is 71.3 Å². The van der Waals surface area contributed by atoms with Gasteiger partial charge >= 0.3 is 5.97 Å². The van der Waals surface area contributed by atoms with Gasteiger partial charge in [0.05, 0.1) is 16.3 Å². The number of benzene rings is 2. The van der Waals surface area contributed by atoms with E-state index in [2.05, 4.69) is 50.9 Å². The number of rotatable bonds is 5. The van der Waals surface area contributed by atoms with Gasteiger partial charge in [0, 0.05) is 5.39 Å². The van der Waals surface area contributed by atoms with Gasteiger partial charge < -0.3 is 4.74 Å². The molecule has 3 rings (SSSR count). The molecule has 3 aromatic rings. The molecule has 1 aromatic heterocycles. The highest BCUT2D eigenvalue weighted by Crippen LogP contribution is 2.24. The summed E-state index contributed by atoms with van der Waals surface area (Å²) in [7, 11) is 0. The molecule has 4 heteroatoms. The first-order valence-corrected chi connectivity index (χ1v) is 10.1. The van der Waals surface area contributed by atoms with E-state index in [0.717, 1.165) is 27.1 Å². The second-order valence-corrected chi connectivity index (χ2v) is 8.69. The quantitative estimate of drug-likeness (QED) is 0.422. The van der Waals surface area contributed by atoms with Crippen molar-refractivity contribution in [2.45, 2.75) is 44.7 Å². The van der Waals surface area contributed by atoms with Crippen LogP contribution in [-0.2, 0) is 21.6 Å². The molecule has 140 valence electrons. The summed E-state index contributed by atoms with van der Waals surface area (Å²) in [6.07, 6.45) is 0. The van der Waals surface area contributed by atoms with Crippen molar-refractivity contribution >= 4 is 28.6 Å². The Labute approximate surface area is 165 Å². The summed E-state index contributed by atoms with van der Waals surface area (Å²) in [5.74, 6) is 0.0257. The first-order chi connectivity index (χ1) is 12.8. The van der Waals surface area contributed by atoms with Crippen LogP contribution < -0.4 is 0 Å². The van der Waals surface area contributed by atoms with Crippen LogP contribution in [0.4, 0.5) is 0 Å². The molecule has 0 radical (unpaired) electrons. The number of hydrogen-bond donors (Lipinski definition) is 0. The first-order valence-electron chi connectivity index (χ1n) is 9.07. The van der Waals surface area contributed by atoms with Crippen LogP contribution in [0, 0.1) is 6.92 Å². The zero-order valence-electron chi connectivity index (χ0n) is 16.3. The third-order valence-corrected chi connectivity index (χ3v) is 5.34. The number of fused-ring (bicyclic) bond motifs is 1. The maximum atomic E-state index is 12.1. The molecule has 0 amide bonds. The second kappa shape index (κ2) is 8.13. The minimum Gasteiger partial charge on any atom is -0.460 e. The molecule has 0 fully saturated rings. The molecular weight excluding hydrogens is 354 g/mol. The Hall–Kier alpha value is -2.33. The van der Waals surface area contributed by atoms with Crippen molar-refractivity contribution < 1.29 is 9.53 Å². The van der Waals surface area contributed by atoms with Gasteiger partial charge in [0.25, 0.3) is 0 Å². The third kappa shape index (κ3) is 5.10. The van der Waals surface area contributed by atoms with Gasteiger partial charge in [-0.2, -0.15) is 0 Å². The Kier molecular flexibility index (Phi) is 5.85. The van der Waals surface area contributed by atoms with E-state index in [1.807, 2.05) is 36.4 Å². The van der Waals surface area contributed by atoms with Crippen LogP contribution in [0.1, 0.15) is 37.5 Å². The number of thioether (sulfide) groups is 1. The second-order valence-electron chi connectivity index (χ2n) is 7.69. The zero-order chi connectivity index (χ0) is 19.4. The van der Waals surface area contributed by atoms with Crippen molar-refractivity contribution in [1.29, 1.82) is 0 Å². The van der Waals surface area contributed by atoms with E-state index in [-0.39, 0.29) is 17.1 Å². The van der Waals surface area contributed by atoms with E-state index < -0.39 is 0 Å². The predicted molar refractivity (Wildman–Crippen MR) is 112 cm³/mol. The molecular formula is C23H25NO2S. The number of carbonyl (C=O) groups excluding carboxylic acids is 1. The van der Waals surface area contributed by atoms with Gasteiger partial charge in [-0.1, -0.05) is 75.0 Å². The van der Waals surface area contributed by atoms with E-state index in [9.17, 15) is 4.79 Å². The largest absolute Gasteiger partial charge is 0.460 e. The number of carbonyl (C=O) groups is 1. The van der Waals surface area contributed by atoms with Crippen LogP contribution in [-0.4, -0.2) is 16.7 Å². The molecule has 0 aliphatic rings. The molecule has 0 atom stereocenters. The van der Waals surface area contributed by atoms with Crippen molar-refractivity contribution in [3.8, 4) is 0 Å². The van der Waals surface area contributed by atoms with Crippen molar-refractivity contribution in [2.24, 2.45) is 0 Å². The van der Waals surface area contributed by atoms with Gasteiger partial charge in [0.1, 0.15) is 6.61 Å². The fourth-order valence-corrected chi connectivity index (χ4v) is 3.60. The number of pyridine rings is 1. The Morgan fingerprint density at radius 2 is 1.78 bits per heavy atom. The van der Waals surface area contributed by atoms with Crippen molar-refractivity contribution in [2.75, 3.05) is 5.75 Å². The van der Waals surface area contributed by atoms with Gasteiger partial charge in [-0.3, -0.25) is 4.79 Å². The average Bonchev–Trinajstić information content (AvgIpc) is 2.64. The summed E-state index contributed by atoms with van der Waals surface area (Å²) in [6.45, 7) is 8.91. The van der Waals surface area contributed by atoms with E-state index in [4.69, 9.17) is 4.74 Å². The number of ether oxygens (including phenoxy) is 1. The topological polar surface area (TPSA) is 39.2 Å². The molecule has 3 nitrogen and oxygen atoms in total. The van der Waals surface area contributed by atoms with Crippen LogP contribution in [0.15, 0.2) is 59.6 Å². The summed E-state index contributed by atoms with van der Waals surface area (Å²) < 4.78 is 5.41.